The molecule has 3 rings (SSSR count). The molecule has 1 amide bonds. The normalized spacial score (nSPS) is 11.7. The van der Waals surface area contributed by atoms with E-state index in [0.29, 0.717) is 17.9 Å². The number of aryl methyl sites for hydroxylation is 2. The van der Waals surface area contributed by atoms with Gasteiger partial charge in [-0.05, 0) is 25.1 Å². The summed E-state index contributed by atoms with van der Waals surface area (Å²) < 4.78 is 39.6. The average molecular weight is 350 g/mol. The second-order valence-electron chi connectivity index (χ2n) is 5.26. The molecule has 10 heteroatoms. The lowest BCUT2D eigenvalue weighted by Gasteiger charge is -2.10. The van der Waals surface area contributed by atoms with Crippen LogP contribution in [0.25, 0.3) is 5.78 Å². The number of halogens is 3. The van der Waals surface area contributed by atoms with Gasteiger partial charge < -0.3 is 5.32 Å². The molecule has 0 spiro atoms. The molecule has 0 fully saturated rings. The van der Waals surface area contributed by atoms with Gasteiger partial charge >= 0.3 is 6.18 Å². The number of nitrogens with zero attached hydrogens (tertiary/aromatic N) is 5. The van der Waals surface area contributed by atoms with Gasteiger partial charge in [-0.1, -0.05) is 13.0 Å². The van der Waals surface area contributed by atoms with E-state index in [1.165, 1.54) is 16.6 Å². The molecule has 2 aromatic heterocycles. The fourth-order valence-electron chi connectivity index (χ4n) is 2.23. The smallest absolute Gasteiger partial charge is 0.321 e. The molecular weight excluding hydrogens is 337 g/mol. The molecule has 0 saturated heterocycles. The van der Waals surface area contributed by atoms with E-state index in [2.05, 4.69) is 25.6 Å². The lowest BCUT2D eigenvalue weighted by Crippen LogP contribution is -2.19. The van der Waals surface area contributed by atoms with E-state index in [1.807, 2.05) is 6.92 Å². The molecule has 130 valence electrons. The predicted octanol–water partition coefficient (Wildman–Crippen LogP) is 2.66. The van der Waals surface area contributed by atoms with Crippen LogP contribution in [0.15, 0.2) is 24.3 Å². The number of amides is 1. The standard InChI is InChI=1S/C15H13F3N6O/c1-3-11-20-14-22-21-12(8(2)24(14)23-11)13(25)19-10-6-4-5-9(7-10)15(16,17)18/h4-7H,3H2,1-2H3,(H,19,25). The van der Waals surface area contributed by atoms with Gasteiger partial charge in [-0.2, -0.15) is 22.7 Å². The first-order chi connectivity index (χ1) is 11.8. The first-order valence-electron chi connectivity index (χ1n) is 7.37. The molecule has 1 aromatic carbocycles. The van der Waals surface area contributed by atoms with Crippen molar-refractivity contribution in [3.05, 3.63) is 47.0 Å². The zero-order valence-electron chi connectivity index (χ0n) is 13.3. The van der Waals surface area contributed by atoms with Crippen LogP contribution < -0.4 is 5.32 Å². The van der Waals surface area contributed by atoms with Crippen molar-refractivity contribution in [2.75, 3.05) is 5.32 Å². The van der Waals surface area contributed by atoms with Gasteiger partial charge in [-0.25, -0.2) is 0 Å². The van der Waals surface area contributed by atoms with Crippen LogP contribution in [0.2, 0.25) is 0 Å². The van der Waals surface area contributed by atoms with Crippen molar-refractivity contribution < 1.29 is 18.0 Å². The van der Waals surface area contributed by atoms with Gasteiger partial charge in [0.25, 0.3) is 11.7 Å². The van der Waals surface area contributed by atoms with Gasteiger partial charge in [-0.15, -0.1) is 15.3 Å². The predicted molar refractivity (Wildman–Crippen MR) is 82.1 cm³/mol. The Bertz CT molecular complexity index is 950. The van der Waals surface area contributed by atoms with Crippen LogP contribution in [-0.2, 0) is 12.6 Å². The molecule has 0 aliphatic heterocycles. The van der Waals surface area contributed by atoms with Gasteiger partial charge in [0.1, 0.15) is 0 Å². The third-order valence-electron chi connectivity index (χ3n) is 3.51. The van der Waals surface area contributed by atoms with Crippen LogP contribution in [0, 0.1) is 6.92 Å². The fourth-order valence-corrected chi connectivity index (χ4v) is 2.23. The first kappa shape index (κ1) is 16.8. The summed E-state index contributed by atoms with van der Waals surface area (Å²) in [4.78, 5) is 16.5. The van der Waals surface area contributed by atoms with Crippen LogP contribution >= 0.6 is 0 Å². The van der Waals surface area contributed by atoms with E-state index in [9.17, 15) is 18.0 Å². The summed E-state index contributed by atoms with van der Waals surface area (Å²) in [5, 5.41) is 14.2. The maximum atomic E-state index is 12.7. The molecule has 0 bridgehead atoms. The molecule has 3 aromatic rings. The summed E-state index contributed by atoms with van der Waals surface area (Å²) in [6.45, 7) is 3.48. The summed E-state index contributed by atoms with van der Waals surface area (Å²) in [5.41, 5.74) is -0.500. The zero-order valence-corrected chi connectivity index (χ0v) is 13.3. The highest BCUT2D eigenvalue weighted by Gasteiger charge is 2.30. The molecule has 2 heterocycles. The molecule has 25 heavy (non-hydrogen) atoms. The molecule has 0 aliphatic carbocycles. The Balaban J connectivity index is 1.91. The molecule has 0 atom stereocenters. The number of benzene rings is 1. The Morgan fingerprint density at radius 1 is 1.28 bits per heavy atom. The van der Waals surface area contributed by atoms with Crippen LogP contribution in [0.1, 0.15) is 34.5 Å². The number of carbonyl (C=O) groups is 1. The quantitative estimate of drug-likeness (QED) is 0.785. The number of hydrogen-bond acceptors (Lipinski definition) is 5. The highest BCUT2D eigenvalue weighted by atomic mass is 19.4. The largest absolute Gasteiger partial charge is 0.416 e. The first-order valence-corrected chi connectivity index (χ1v) is 7.37. The van der Waals surface area contributed by atoms with E-state index < -0.39 is 17.6 Å². The summed E-state index contributed by atoms with van der Waals surface area (Å²) in [5.74, 6) is 0.123. The Hall–Kier alpha value is -3.04. The number of hydrogen-bond donors (Lipinski definition) is 1. The van der Waals surface area contributed by atoms with Crippen LogP contribution in [0.5, 0.6) is 0 Å². The fraction of sp³-hybridized carbons (Fsp3) is 0.267. The third-order valence-corrected chi connectivity index (χ3v) is 3.51. The average Bonchev–Trinajstić information content (AvgIpc) is 2.99. The minimum absolute atomic E-state index is 0.00830. The van der Waals surface area contributed by atoms with Crippen LogP contribution in [0.4, 0.5) is 18.9 Å². The van der Waals surface area contributed by atoms with Crippen molar-refractivity contribution in [3.8, 4) is 0 Å². The van der Waals surface area contributed by atoms with E-state index >= 15 is 0 Å². The van der Waals surface area contributed by atoms with Crippen molar-refractivity contribution >= 4 is 17.4 Å². The van der Waals surface area contributed by atoms with E-state index in [-0.39, 0.29) is 17.2 Å². The Labute approximate surface area is 139 Å². The molecular formula is C15H13F3N6O. The topological polar surface area (TPSA) is 85.1 Å². The van der Waals surface area contributed by atoms with E-state index in [4.69, 9.17) is 0 Å². The molecule has 7 nitrogen and oxygen atoms in total. The van der Waals surface area contributed by atoms with Crippen molar-refractivity contribution in [3.63, 3.8) is 0 Å². The lowest BCUT2D eigenvalue weighted by atomic mass is 10.2. The van der Waals surface area contributed by atoms with E-state index in [1.54, 1.807) is 6.92 Å². The van der Waals surface area contributed by atoms with Crippen LogP contribution in [0.3, 0.4) is 0 Å². The maximum absolute atomic E-state index is 12.7. The minimum atomic E-state index is -4.49. The number of rotatable bonds is 3. The molecule has 0 aliphatic rings. The summed E-state index contributed by atoms with van der Waals surface area (Å²) in [6, 6.07) is 4.35. The third kappa shape index (κ3) is 3.28. The van der Waals surface area contributed by atoms with Crippen molar-refractivity contribution in [1.82, 2.24) is 24.8 Å². The monoisotopic (exact) mass is 350 g/mol. The molecule has 1 N–H and O–H groups in total. The maximum Gasteiger partial charge on any atom is 0.416 e. The zero-order chi connectivity index (χ0) is 18.2. The Kier molecular flexibility index (Phi) is 4.11. The van der Waals surface area contributed by atoms with Crippen LogP contribution in [-0.4, -0.2) is 30.7 Å². The van der Waals surface area contributed by atoms with Crippen molar-refractivity contribution in [2.45, 2.75) is 26.4 Å². The van der Waals surface area contributed by atoms with Gasteiger partial charge in [0.2, 0.25) is 0 Å². The minimum Gasteiger partial charge on any atom is -0.321 e. The molecule has 0 saturated carbocycles. The molecule has 0 radical (unpaired) electrons. The SMILES string of the molecule is CCc1nc2nnc(C(=O)Nc3cccc(C(F)(F)F)c3)c(C)n2n1. The van der Waals surface area contributed by atoms with E-state index in [0.717, 1.165) is 12.1 Å². The number of aromatic nitrogens is 5. The Morgan fingerprint density at radius 3 is 2.72 bits per heavy atom. The second-order valence-corrected chi connectivity index (χ2v) is 5.26. The lowest BCUT2D eigenvalue weighted by molar-refractivity contribution is -0.137. The van der Waals surface area contributed by atoms with Gasteiger partial charge in [0, 0.05) is 12.1 Å². The Morgan fingerprint density at radius 2 is 2.04 bits per heavy atom. The summed E-state index contributed by atoms with van der Waals surface area (Å²) in [7, 11) is 0. The number of fused-ring (bicyclic) bond motifs is 1. The van der Waals surface area contributed by atoms with Gasteiger partial charge in [0.15, 0.2) is 11.5 Å². The summed E-state index contributed by atoms with van der Waals surface area (Å²) in [6.07, 6.45) is -3.90. The van der Waals surface area contributed by atoms with Crippen molar-refractivity contribution in [1.29, 1.82) is 0 Å². The second kappa shape index (κ2) is 6.11. The highest BCUT2D eigenvalue weighted by molar-refractivity contribution is 6.03. The van der Waals surface area contributed by atoms with Gasteiger partial charge in [-0.3, -0.25) is 4.79 Å². The van der Waals surface area contributed by atoms with Crippen molar-refractivity contribution in [2.24, 2.45) is 0 Å². The number of alkyl halides is 3. The summed E-state index contributed by atoms with van der Waals surface area (Å²) >= 11 is 0. The highest BCUT2D eigenvalue weighted by Crippen LogP contribution is 2.30. The number of anilines is 1. The van der Waals surface area contributed by atoms with Gasteiger partial charge in [0.05, 0.1) is 11.3 Å². The number of carbonyl (C=O) groups excluding carboxylic acids is 1. The number of nitrogens with one attached hydrogen (secondary N) is 1. The molecule has 0 unspecified atom stereocenters.